The molecule has 1 aliphatic heterocycles. The second kappa shape index (κ2) is 9.90. The monoisotopic (exact) mass is 461 g/mol. The van der Waals surface area contributed by atoms with Gasteiger partial charge in [-0.3, -0.25) is 4.79 Å². The molecule has 0 fully saturated rings. The molecule has 1 aromatic carbocycles. The van der Waals surface area contributed by atoms with Crippen molar-refractivity contribution in [1.29, 1.82) is 0 Å². The van der Waals surface area contributed by atoms with E-state index in [1.807, 2.05) is 46.1 Å². The number of ether oxygens (including phenoxy) is 1. The third-order valence-corrected chi connectivity index (χ3v) is 6.29. The smallest absolute Gasteiger partial charge is 0.318 e. The Balaban J connectivity index is 1.77. The number of thiophene rings is 1. The number of benzene rings is 1. The van der Waals surface area contributed by atoms with Crippen LogP contribution in [0.2, 0.25) is 0 Å². The number of hydrogen-bond acceptors (Lipinski definition) is 4. The summed E-state index contributed by atoms with van der Waals surface area (Å²) in [5, 5.41) is 4.96. The highest BCUT2D eigenvalue weighted by atomic mass is 32.1. The van der Waals surface area contributed by atoms with Gasteiger partial charge in [0.15, 0.2) is 0 Å². The molecular formula is C24H32FN3O3S. The molecule has 0 aliphatic carbocycles. The van der Waals surface area contributed by atoms with Crippen molar-refractivity contribution >= 4 is 23.3 Å². The van der Waals surface area contributed by atoms with Gasteiger partial charge in [-0.05, 0) is 70.2 Å². The summed E-state index contributed by atoms with van der Waals surface area (Å²) < 4.78 is 19.4. The number of fused-ring (bicyclic) bond motifs is 1. The summed E-state index contributed by atoms with van der Waals surface area (Å²) in [6.07, 6.45) is 0.769. The van der Waals surface area contributed by atoms with Crippen molar-refractivity contribution in [2.75, 3.05) is 19.7 Å². The Morgan fingerprint density at radius 3 is 2.72 bits per heavy atom. The van der Waals surface area contributed by atoms with E-state index in [4.69, 9.17) is 4.74 Å². The van der Waals surface area contributed by atoms with Gasteiger partial charge in [-0.1, -0.05) is 6.07 Å². The molecule has 1 atom stereocenters. The van der Waals surface area contributed by atoms with Crippen LogP contribution in [0.3, 0.4) is 0 Å². The van der Waals surface area contributed by atoms with Crippen LogP contribution in [-0.2, 0) is 11.2 Å². The minimum Gasteiger partial charge on any atom is -0.491 e. The van der Waals surface area contributed by atoms with Gasteiger partial charge in [0.05, 0.1) is 6.04 Å². The predicted molar refractivity (Wildman–Crippen MR) is 124 cm³/mol. The molecule has 0 saturated carbocycles. The van der Waals surface area contributed by atoms with Gasteiger partial charge in [0.25, 0.3) is 0 Å². The van der Waals surface area contributed by atoms with Crippen LogP contribution in [0, 0.1) is 5.82 Å². The molecular weight excluding hydrogens is 429 g/mol. The third kappa shape index (κ3) is 6.00. The molecule has 0 saturated heterocycles. The van der Waals surface area contributed by atoms with E-state index in [0.29, 0.717) is 12.3 Å². The average molecular weight is 462 g/mol. The Labute approximate surface area is 193 Å². The molecule has 3 rings (SSSR count). The number of carbonyl (C=O) groups excluding carboxylic acids is 2. The number of urea groups is 1. The van der Waals surface area contributed by atoms with Gasteiger partial charge in [0, 0.05) is 29.1 Å². The molecule has 6 nitrogen and oxygen atoms in total. The average Bonchev–Trinajstić information content (AvgIpc) is 3.17. The van der Waals surface area contributed by atoms with E-state index in [1.165, 1.54) is 17.0 Å². The number of nitrogens with one attached hydrogen (secondary N) is 1. The molecule has 0 radical (unpaired) electrons. The molecule has 0 spiro atoms. The second-order valence-corrected chi connectivity index (χ2v) is 10.3. The van der Waals surface area contributed by atoms with Crippen LogP contribution in [0.25, 0.3) is 0 Å². The number of halogens is 1. The summed E-state index contributed by atoms with van der Waals surface area (Å²) in [5.74, 6) is -0.0756. The van der Waals surface area contributed by atoms with Gasteiger partial charge in [-0.15, -0.1) is 11.3 Å². The van der Waals surface area contributed by atoms with E-state index in [2.05, 4.69) is 5.32 Å². The fourth-order valence-electron chi connectivity index (χ4n) is 3.72. The highest BCUT2D eigenvalue weighted by Crippen LogP contribution is 2.34. The van der Waals surface area contributed by atoms with Gasteiger partial charge in [0.2, 0.25) is 5.91 Å². The van der Waals surface area contributed by atoms with E-state index in [-0.39, 0.29) is 43.0 Å². The number of carbonyl (C=O) groups is 2. The summed E-state index contributed by atoms with van der Waals surface area (Å²) in [6, 6.07) is 7.32. The fraction of sp³-hybridized carbons (Fsp3) is 0.500. The summed E-state index contributed by atoms with van der Waals surface area (Å²) in [5.41, 5.74) is 0.659. The predicted octanol–water partition coefficient (Wildman–Crippen LogP) is 4.61. The molecule has 32 heavy (non-hydrogen) atoms. The van der Waals surface area contributed by atoms with Gasteiger partial charge in [-0.2, -0.15) is 0 Å². The largest absolute Gasteiger partial charge is 0.491 e. The second-order valence-electron chi connectivity index (χ2n) is 9.32. The third-order valence-electron chi connectivity index (χ3n) is 5.29. The topological polar surface area (TPSA) is 61.9 Å². The van der Waals surface area contributed by atoms with Crippen molar-refractivity contribution in [1.82, 2.24) is 15.1 Å². The zero-order valence-corrected chi connectivity index (χ0v) is 20.2. The maximum atomic E-state index is 13.6. The van der Waals surface area contributed by atoms with Crippen LogP contribution in [0.1, 0.15) is 51.1 Å². The lowest BCUT2D eigenvalue weighted by atomic mass is 10.0. The lowest BCUT2D eigenvalue weighted by molar-refractivity contribution is -0.135. The van der Waals surface area contributed by atoms with Crippen LogP contribution in [-0.4, -0.2) is 53.0 Å². The Bertz CT molecular complexity index is 954. The molecule has 2 aromatic rings. The molecule has 2 heterocycles. The van der Waals surface area contributed by atoms with Crippen molar-refractivity contribution in [3.05, 3.63) is 52.0 Å². The number of amides is 3. The van der Waals surface area contributed by atoms with E-state index < -0.39 is 5.54 Å². The van der Waals surface area contributed by atoms with Crippen LogP contribution >= 0.6 is 11.3 Å². The van der Waals surface area contributed by atoms with Crippen LogP contribution in [0.5, 0.6) is 5.75 Å². The first-order valence-corrected chi connectivity index (χ1v) is 11.8. The van der Waals surface area contributed by atoms with E-state index in [9.17, 15) is 14.0 Å². The summed E-state index contributed by atoms with van der Waals surface area (Å²) in [4.78, 5) is 30.7. The molecule has 8 heteroatoms. The SMILES string of the molecule is CC(C)N(CC(=O)N1CCc2sccc2C1COc1cccc(F)c1)C(=O)NC(C)(C)C. The Hall–Kier alpha value is -2.61. The summed E-state index contributed by atoms with van der Waals surface area (Å²) >= 11 is 1.67. The fourth-order valence-corrected chi connectivity index (χ4v) is 4.65. The molecule has 3 amide bonds. The maximum Gasteiger partial charge on any atom is 0.318 e. The lowest BCUT2D eigenvalue weighted by Crippen LogP contribution is -2.54. The number of rotatable bonds is 6. The van der Waals surface area contributed by atoms with Gasteiger partial charge >= 0.3 is 6.03 Å². The normalized spacial score (nSPS) is 16.0. The molecule has 0 bridgehead atoms. The zero-order valence-electron chi connectivity index (χ0n) is 19.4. The van der Waals surface area contributed by atoms with Crippen LogP contribution < -0.4 is 10.1 Å². The highest BCUT2D eigenvalue weighted by molar-refractivity contribution is 7.10. The molecule has 1 N–H and O–H groups in total. The number of nitrogens with zero attached hydrogens (tertiary/aromatic N) is 2. The lowest BCUT2D eigenvalue weighted by Gasteiger charge is -2.38. The standard InChI is InChI=1S/C24H32FN3O3S/c1-16(2)28(23(30)26-24(3,4)5)14-22(29)27-11-9-21-19(10-12-32-21)20(27)15-31-18-8-6-7-17(25)13-18/h6-8,10,12-13,16,20H,9,11,14-15H2,1-5H3,(H,26,30). The maximum absolute atomic E-state index is 13.6. The first-order chi connectivity index (χ1) is 15.0. The molecule has 1 unspecified atom stereocenters. The zero-order chi connectivity index (χ0) is 23.5. The molecule has 174 valence electrons. The minimum absolute atomic E-state index is 0.0183. The first kappa shape index (κ1) is 24.0. The Morgan fingerprint density at radius 1 is 1.31 bits per heavy atom. The Kier molecular flexibility index (Phi) is 7.44. The minimum atomic E-state index is -0.398. The summed E-state index contributed by atoms with van der Waals surface area (Å²) in [7, 11) is 0. The van der Waals surface area contributed by atoms with Crippen LogP contribution in [0.4, 0.5) is 9.18 Å². The van der Waals surface area contributed by atoms with Crippen molar-refractivity contribution in [3.63, 3.8) is 0 Å². The van der Waals surface area contributed by atoms with Gasteiger partial charge < -0.3 is 19.9 Å². The van der Waals surface area contributed by atoms with Crippen molar-refractivity contribution in [2.24, 2.45) is 0 Å². The van der Waals surface area contributed by atoms with Gasteiger partial charge in [-0.25, -0.2) is 9.18 Å². The van der Waals surface area contributed by atoms with Crippen molar-refractivity contribution in [2.45, 2.75) is 58.7 Å². The molecule has 1 aliphatic rings. The van der Waals surface area contributed by atoms with E-state index in [1.54, 1.807) is 33.3 Å². The van der Waals surface area contributed by atoms with Gasteiger partial charge in [0.1, 0.15) is 24.7 Å². The number of hydrogen-bond donors (Lipinski definition) is 1. The van der Waals surface area contributed by atoms with Crippen molar-refractivity contribution in [3.8, 4) is 5.75 Å². The van der Waals surface area contributed by atoms with Crippen molar-refractivity contribution < 1.29 is 18.7 Å². The quantitative estimate of drug-likeness (QED) is 0.683. The van der Waals surface area contributed by atoms with Crippen LogP contribution in [0.15, 0.2) is 35.7 Å². The van der Waals surface area contributed by atoms with E-state index >= 15 is 0 Å². The Morgan fingerprint density at radius 2 is 2.06 bits per heavy atom. The molecule has 1 aromatic heterocycles. The van der Waals surface area contributed by atoms with E-state index in [0.717, 1.165) is 12.0 Å². The summed E-state index contributed by atoms with van der Waals surface area (Å²) in [6.45, 7) is 10.3. The highest BCUT2D eigenvalue weighted by Gasteiger charge is 2.34. The first-order valence-electron chi connectivity index (χ1n) is 10.9.